The molecule has 0 bridgehead atoms. The number of carbonyl (C=O) groups is 1. The Morgan fingerprint density at radius 2 is 1.69 bits per heavy atom. The Hall–Kier alpha value is -4.47. The van der Waals surface area contributed by atoms with Crippen molar-refractivity contribution in [2.45, 2.75) is 44.6 Å². The van der Waals surface area contributed by atoms with Gasteiger partial charge in [-0.2, -0.15) is 10.3 Å². The van der Waals surface area contributed by atoms with E-state index >= 15 is 0 Å². The van der Waals surface area contributed by atoms with Gasteiger partial charge in [0.2, 0.25) is 5.82 Å². The lowest BCUT2D eigenvalue weighted by Crippen LogP contribution is -2.18. The van der Waals surface area contributed by atoms with E-state index in [1.165, 1.54) is 6.42 Å². The molecule has 2 aromatic carbocycles. The molecule has 0 spiro atoms. The van der Waals surface area contributed by atoms with Crippen LogP contribution in [0.25, 0.3) is 33.5 Å². The minimum absolute atomic E-state index is 0.149. The molecule has 1 fully saturated rings. The molecule has 2 N–H and O–H groups in total. The molecule has 0 amide bonds. The minimum atomic E-state index is -0.352. The third-order valence-electron chi connectivity index (χ3n) is 6.96. The highest BCUT2D eigenvalue weighted by molar-refractivity contribution is 5.92. The zero-order valence-corrected chi connectivity index (χ0v) is 19.5. The van der Waals surface area contributed by atoms with E-state index in [1.807, 2.05) is 41.0 Å². The highest BCUT2D eigenvalue weighted by Gasteiger charge is 2.26. The third kappa shape index (κ3) is 3.80. The first kappa shape index (κ1) is 22.0. The fourth-order valence-electron chi connectivity index (χ4n) is 5.29. The number of nitrogens with one attached hydrogen (secondary N) is 2. The molecule has 3 heterocycles. The Morgan fingerprint density at radius 1 is 0.944 bits per heavy atom. The molecule has 1 aliphatic carbocycles. The van der Waals surface area contributed by atoms with Crippen LogP contribution in [0.5, 0.6) is 0 Å². The molecule has 1 aliphatic rings. The molecule has 10 nitrogen and oxygen atoms in total. The van der Waals surface area contributed by atoms with Gasteiger partial charge in [0, 0.05) is 11.5 Å². The molecule has 3 aromatic heterocycles. The van der Waals surface area contributed by atoms with Crippen molar-refractivity contribution in [3.63, 3.8) is 0 Å². The van der Waals surface area contributed by atoms with Gasteiger partial charge >= 0.3 is 0 Å². The summed E-state index contributed by atoms with van der Waals surface area (Å²) in [7, 11) is 0. The maximum atomic E-state index is 13.0. The van der Waals surface area contributed by atoms with E-state index in [4.69, 9.17) is 4.98 Å². The highest BCUT2D eigenvalue weighted by Crippen LogP contribution is 2.36. The van der Waals surface area contributed by atoms with Crippen LogP contribution in [-0.2, 0) is 6.54 Å². The first-order chi connectivity index (χ1) is 17.7. The predicted molar refractivity (Wildman–Crippen MR) is 134 cm³/mol. The number of aromatic nitrogens is 8. The quantitative estimate of drug-likeness (QED) is 0.352. The van der Waals surface area contributed by atoms with E-state index < -0.39 is 0 Å². The van der Waals surface area contributed by atoms with Crippen molar-refractivity contribution in [2.24, 2.45) is 0 Å². The van der Waals surface area contributed by atoms with Gasteiger partial charge in [-0.1, -0.05) is 67.8 Å². The number of nitrogens with zero attached hydrogens (tertiary/aromatic N) is 6. The average molecular weight is 481 g/mol. The lowest BCUT2D eigenvalue weighted by molar-refractivity contribution is 0.111. The maximum absolute atomic E-state index is 13.0. The molecule has 0 unspecified atom stereocenters. The first-order valence-corrected chi connectivity index (χ1v) is 12.1. The van der Waals surface area contributed by atoms with Crippen LogP contribution < -0.4 is 5.56 Å². The summed E-state index contributed by atoms with van der Waals surface area (Å²) >= 11 is 0. The zero-order chi connectivity index (χ0) is 24.5. The van der Waals surface area contributed by atoms with Crippen LogP contribution >= 0.6 is 0 Å². The van der Waals surface area contributed by atoms with Gasteiger partial charge < -0.3 is 4.57 Å². The number of H-pyrrole nitrogens is 2. The number of tetrazole rings is 1. The Morgan fingerprint density at radius 3 is 2.44 bits per heavy atom. The second kappa shape index (κ2) is 9.29. The van der Waals surface area contributed by atoms with Crippen LogP contribution in [0.3, 0.4) is 0 Å². The molecule has 0 aliphatic heterocycles. The summed E-state index contributed by atoms with van der Waals surface area (Å²) in [5.41, 5.74) is 4.36. The molecular formula is C26H24N8O2. The zero-order valence-electron chi connectivity index (χ0n) is 19.5. The lowest BCUT2D eigenvalue weighted by atomic mass is 9.88. The van der Waals surface area contributed by atoms with Crippen molar-refractivity contribution in [3.05, 3.63) is 76.0 Å². The topological polar surface area (TPSA) is 135 Å². The number of hydrogen-bond acceptors (Lipinski definition) is 7. The number of fused-ring (bicyclic) bond motifs is 1. The number of aldehydes is 1. The van der Waals surface area contributed by atoms with E-state index in [0.29, 0.717) is 29.7 Å². The molecule has 0 radical (unpaired) electrons. The molecule has 0 saturated heterocycles. The Labute approximate surface area is 205 Å². The monoisotopic (exact) mass is 480 g/mol. The van der Waals surface area contributed by atoms with Gasteiger partial charge in [0.05, 0.1) is 6.54 Å². The fourth-order valence-corrected chi connectivity index (χ4v) is 5.29. The summed E-state index contributed by atoms with van der Waals surface area (Å²) < 4.78 is 1.98. The predicted octanol–water partition coefficient (Wildman–Crippen LogP) is 3.88. The van der Waals surface area contributed by atoms with Gasteiger partial charge in [-0.05, 0) is 34.7 Å². The molecule has 0 atom stereocenters. The number of imidazole rings is 1. The van der Waals surface area contributed by atoms with Gasteiger partial charge in [-0.15, -0.1) is 10.2 Å². The fraction of sp³-hybridized carbons (Fsp3) is 0.269. The summed E-state index contributed by atoms with van der Waals surface area (Å²) in [5.74, 6) is 1.57. The number of carbonyl (C=O) groups excluding carboxylic acids is 1. The molecule has 10 heteroatoms. The summed E-state index contributed by atoms with van der Waals surface area (Å²) in [4.78, 5) is 29.6. The maximum Gasteiger partial charge on any atom is 0.290 e. The van der Waals surface area contributed by atoms with Gasteiger partial charge in [-0.3, -0.25) is 9.59 Å². The second-order valence-electron chi connectivity index (χ2n) is 9.08. The molecule has 6 rings (SSSR count). The number of rotatable bonds is 6. The smallest absolute Gasteiger partial charge is 0.290 e. The summed E-state index contributed by atoms with van der Waals surface area (Å²) in [6.07, 6.45) is 6.11. The summed E-state index contributed by atoms with van der Waals surface area (Å²) in [6, 6.07) is 16.0. The molecule has 180 valence electrons. The van der Waals surface area contributed by atoms with Gasteiger partial charge in [-0.25, -0.2) is 10.1 Å². The van der Waals surface area contributed by atoms with Crippen molar-refractivity contribution < 1.29 is 4.79 Å². The summed E-state index contributed by atoms with van der Waals surface area (Å²) in [6.45, 7) is 0.421. The number of aromatic amines is 2. The first-order valence-electron chi connectivity index (χ1n) is 12.1. The van der Waals surface area contributed by atoms with Gasteiger partial charge in [0.25, 0.3) is 5.56 Å². The Balaban J connectivity index is 1.53. The van der Waals surface area contributed by atoms with E-state index in [1.54, 1.807) is 0 Å². The third-order valence-corrected chi connectivity index (χ3v) is 6.96. The molecule has 1 saturated carbocycles. The average Bonchev–Trinajstić information content (AvgIpc) is 3.59. The SMILES string of the molecule is O=Cc1n[nH]c(=O)c2c1nc(C1CCCCC1)n2Cc1ccccc1-c1ccccc1-c1nn[nH]n1. The summed E-state index contributed by atoms with van der Waals surface area (Å²) in [5, 5.41) is 21.0. The molecular weight excluding hydrogens is 456 g/mol. The normalized spacial score (nSPS) is 14.3. The van der Waals surface area contributed by atoms with Crippen molar-refractivity contribution in [1.82, 2.24) is 40.4 Å². The Bertz CT molecular complexity index is 1600. The van der Waals surface area contributed by atoms with E-state index in [-0.39, 0.29) is 17.2 Å². The molecule has 5 aromatic rings. The number of hydrogen-bond donors (Lipinski definition) is 2. The minimum Gasteiger partial charge on any atom is -0.319 e. The van der Waals surface area contributed by atoms with Crippen LogP contribution in [-0.4, -0.2) is 46.7 Å². The van der Waals surface area contributed by atoms with Gasteiger partial charge in [0.15, 0.2) is 12.0 Å². The van der Waals surface area contributed by atoms with Crippen molar-refractivity contribution in [1.29, 1.82) is 0 Å². The van der Waals surface area contributed by atoms with E-state index in [2.05, 4.69) is 43.0 Å². The Kier molecular flexibility index (Phi) is 5.68. The van der Waals surface area contributed by atoms with Crippen LogP contribution in [0, 0.1) is 0 Å². The lowest BCUT2D eigenvalue weighted by Gasteiger charge is -2.23. The van der Waals surface area contributed by atoms with E-state index in [9.17, 15) is 9.59 Å². The van der Waals surface area contributed by atoms with Crippen molar-refractivity contribution in [3.8, 4) is 22.5 Å². The van der Waals surface area contributed by atoms with Crippen LogP contribution in [0.2, 0.25) is 0 Å². The standard InChI is InChI=1S/C26H24N8O2/c35-15-21-22-23(26(36)31-28-21)34(25(27-22)16-8-2-1-3-9-16)14-17-10-4-5-11-18(17)19-12-6-7-13-20(19)24-29-32-33-30-24/h4-7,10-13,15-16H,1-3,8-9,14H2,(H,31,36)(H,29,30,32,33). The largest absolute Gasteiger partial charge is 0.319 e. The van der Waals surface area contributed by atoms with Crippen molar-refractivity contribution in [2.75, 3.05) is 0 Å². The van der Waals surface area contributed by atoms with Gasteiger partial charge in [0.1, 0.15) is 16.9 Å². The highest BCUT2D eigenvalue weighted by atomic mass is 16.1. The second-order valence-corrected chi connectivity index (χ2v) is 9.08. The van der Waals surface area contributed by atoms with E-state index in [0.717, 1.165) is 53.8 Å². The van der Waals surface area contributed by atoms with Crippen molar-refractivity contribution >= 4 is 17.3 Å². The van der Waals surface area contributed by atoms with Crippen LogP contribution in [0.4, 0.5) is 0 Å². The van der Waals surface area contributed by atoms with Crippen LogP contribution in [0.1, 0.15) is 59.9 Å². The molecule has 36 heavy (non-hydrogen) atoms. The van der Waals surface area contributed by atoms with Crippen LogP contribution in [0.15, 0.2) is 53.3 Å². The number of benzene rings is 2.